The van der Waals surface area contributed by atoms with Gasteiger partial charge < -0.3 is 15.3 Å². The van der Waals surface area contributed by atoms with Gasteiger partial charge in [0.1, 0.15) is 0 Å². The minimum Gasteiger partial charge on any atom is -0.504 e. The van der Waals surface area contributed by atoms with Crippen molar-refractivity contribution in [2.75, 3.05) is 0 Å². The van der Waals surface area contributed by atoms with E-state index in [1.165, 1.54) is 12.8 Å². The molecule has 0 unspecified atom stereocenters. The summed E-state index contributed by atoms with van der Waals surface area (Å²) >= 11 is 0. The molecule has 27 heavy (non-hydrogen) atoms. The van der Waals surface area contributed by atoms with Gasteiger partial charge in [-0.05, 0) is 84.8 Å². The molecule has 0 bridgehead atoms. The van der Waals surface area contributed by atoms with E-state index < -0.39 is 5.97 Å². The van der Waals surface area contributed by atoms with Gasteiger partial charge in [0.2, 0.25) is 0 Å². The Kier molecular flexibility index (Phi) is 3.85. The van der Waals surface area contributed by atoms with Crippen LogP contribution in [0.2, 0.25) is 0 Å². The monoisotopic (exact) mass is 366 g/mol. The highest BCUT2D eigenvalue weighted by Crippen LogP contribution is 2.67. The van der Waals surface area contributed by atoms with Crippen molar-refractivity contribution in [2.45, 2.75) is 25.7 Å². The van der Waals surface area contributed by atoms with Gasteiger partial charge in [0, 0.05) is 0 Å². The Morgan fingerprint density at radius 1 is 1.00 bits per heavy atom. The van der Waals surface area contributed by atoms with E-state index in [9.17, 15) is 20.1 Å². The van der Waals surface area contributed by atoms with Crippen LogP contribution in [0.1, 0.15) is 24.8 Å². The minimum absolute atomic E-state index is 0.0443. The first-order valence-corrected chi connectivity index (χ1v) is 10.1. The number of carboxylic acids is 1. The third-order valence-electron chi connectivity index (χ3n) is 7.77. The first-order chi connectivity index (χ1) is 13.0. The Hall–Kier alpha value is -2.23. The molecule has 2 saturated carbocycles. The Balaban J connectivity index is 1.26. The SMILES string of the molecule is O=C(O)[C@H]1C=C[C@H]2C[C@@H]3[C@@H](CCCc4ccc(O)c(O)c4)[C@@H]4C=C[C@H]1[C@H]2[C@@H]43. The summed E-state index contributed by atoms with van der Waals surface area (Å²) in [5, 5.41) is 28.6. The number of aromatic hydroxyl groups is 2. The first kappa shape index (κ1) is 16.9. The van der Waals surface area contributed by atoms with Gasteiger partial charge in [-0.25, -0.2) is 0 Å². The maximum Gasteiger partial charge on any atom is 0.310 e. The maximum atomic E-state index is 11.6. The van der Waals surface area contributed by atoms with Crippen LogP contribution in [0.25, 0.3) is 0 Å². The lowest BCUT2D eigenvalue weighted by atomic mass is 9.50. The standard InChI is InChI=1S/C23H26O4/c24-19-9-4-12(10-20(19)25)2-1-3-14-15-7-8-16-17(23(26)27)6-5-13-11-18(14)22(15)21(13)16/h4-10,13-18,21-22,24-25H,1-3,11H2,(H,26,27)/t13-,14-,15-,16+,17-,18+,21-,22-/m0/s1. The van der Waals surface area contributed by atoms with Crippen LogP contribution in [0.4, 0.5) is 0 Å². The Morgan fingerprint density at radius 2 is 1.81 bits per heavy atom. The fourth-order valence-electron chi connectivity index (χ4n) is 6.70. The molecule has 142 valence electrons. The van der Waals surface area contributed by atoms with Crippen molar-refractivity contribution in [3.63, 3.8) is 0 Å². The van der Waals surface area contributed by atoms with Crippen LogP contribution in [0.5, 0.6) is 11.5 Å². The Labute approximate surface area is 159 Å². The maximum absolute atomic E-state index is 11.6. The van der Waals surface area contributed by atoms with E-state index in [2.05, 4.69) is 18.2 Å². The van der Waals surface area contributed by atoms with Gasteiger partial charge in [0.15, 0.2) is 11.5 Å². The fraction of sp³-hybridized carbons (Fsp3) is 0.522. The van der Waals surface area contributed by atoms with Crippen molar-refractivity contribution in [1.82, 2.24) is 0 Å². The third kappa shape index (κ3) is 2.53. The van der Waals surface area contributed by atoms with E-state index in [4.69, 9.17) is 0 Å². The number of hydrogen-bond donors (Lipinski definition) is 3. The zero-order valence-corrected chi connectivity index (χ0v) is 15.2. The molecule has 0 spiro atoms. The molecule has 0 radical (unpaired) electrons. The topological polar surface area (TPSA) is 77.8 Å². The number of carbonyl (C=O) groups is 1. The Morgan fingerprint density at radius 3 is 2.59 bits per heavy atom. The van der Waals surface area contributed by atoms with Gasteiger partial charge in [-0.15, -0.1) is 0 Å². The van der Waals surface area contributed by atoms with E-state index in [1.807, 2.05) is 12.1 Å². The molecular formula is C23H26O4. The van der Waals surface area contributed by atoms with Crippen LogP contribution in [-0.4, -0.2) is 21.3 Å². The van der Waals surface area contributed by atoms with Crippen molar-refractivity contribution in [3.05, 3.63) is 48.1 Å². The van der Waals surface area contributed by atoms with Crippen LogP contribution in [0.15, 0.2) is 42.5 Å². The second kappa shape index (κ2) is 6.15. The predicted octanol–water partition coefficient (Wildman–Crippen LogP) is 3.99. The molecule has 4 aliphatic rings. The highest BCUT2D eigenvalue weighted by atomic mass is 16.4. The minimum atomic E-state index is -0.686. The molecule has 0 saturated heterocycles. The molecule has 4 aliphatic carbocycles. The second-order valence-corrected chi connectivity index (χ2v) is 8.89. The van der Waals surface area contributed by atoms with Crippen LogP contribution in [0.3, 0.4) is 0 Å². The summed E-state index contributed by atoms with van der Waals surface area (Å²) in [7, 11) is 0. The number of aliphatic carboxylic acids is 1. The summed E-state index contributed by atoms with van der Waals surface area (Å²) in [6, 6.07) is 5.09. The van der Waals surface area contributed by atoms with E-state index in [0.29, 0.717) is 29.6 Å². The molecule has 2 fully saturated rings. The van der Waals surface area contributed by atoms with Crippen molar-refractivity contribution in [1.29, 1.82) is 0 Å². The van der Waals surface area contributed by atoms with Gasteiger partial charge >= 0.3 is 5.97 Å². The lowest BCUT2D eigenvalue weighted by Gasteiger charge is -2.54. The van der Waals surface area contributed by atoms with E-state index in [0.717, 1.165) is 24.3 Å². The number of carboxylic acid groups (broad SMARTS) is 1. The highest BCUT2D eigenvalue weighted by Gasteiger charge is 2.62. The lowest BCUT2D eigenvalue weighted by Crippen LogP contribution is -2.50. The summed E-state index contributed by atoms with van der Waals surface area (Å²) in [4.78, 5) is 11.6. The molecule has 3 N–H and O–H groups in total. The van der Waals surface area contributed by atoms with E-state index in [-0.39, 0.29) is 23.3 Å². The fourth-order valence-corrected chi connectivity index (χ4v) is 6.70. The summed E-state index contributed by atoms with van der Waals surface area (Å²) < 4.78 is 0. The van der Waals surface area contributed by atoms with E-state index in [1.54, 1.807) is 12.1 Å². The van der Waals surface area contributed by atoms with Crippen LogP contribution in [0, 0.1) is 47.3 Å². The molecule has 8 atom stereocenters. The number of rotatable bonds is 5. The van der Waals surface area contributed by atoms with E-state index >= 15 is 0 Å². The Bertz CT molecular complexity index is 826. The van der Waals surface area contributed by atoms with Crippen LogP contribution in [-0.2, 0) is 11.2 Å². The van der Waals surface area contributed by atoms with Gasteiger partial charge in [-0.2, -0.15) is 0 Å². The average Bonchev–Trinajstić information content (AvgIpc) is 2.99. The van der Waals surface area contributed by atoms with Crippen LogP contribution < -0.4 is 0 Å². The second-order valence-electron chi connectivity index (χ2n) is 8.89. The van der Waals surface area contributed by atoms with Crippen molar-refractivity contribution in [3.8, 4) is 11.5 Å². The number of allylic oxidation sites excluding steroid dienone is 3. The van der Waals surface area contributed by atoms with Gasteiger partial charge in [-0.3, -0.25) is 4.79 Å². The predicted molar refractivity (Wildman–Crippen MR) is 101 cm³/mol. The summed E-state index contributed by atoms with van der Waals surface area (Å²) in [6.07, 6.45) is 13.1. The van der Waals surface area contributed by atoms with Crippen molar-refractivity contribution in [2.24, 2.45) is 47.3 Å². The summed E-state index contributed by atoms with van der Waals surface area (Å²) in [6.45, 7) is 0. The molecule has 4 heteroatoms. The number of benzene rings is 1. The van der Waals surface area contributed by atoms with Gasteiger partial charge in [0.25, 0.3) is 0 Å². The number of hydrogen-bond acceptors (Lipinski definition) is 3. The van der Waals surface area contributed by atoms with Gasteiger partial charge in [-0.1, -0.05) is 30.4 Å². The quantitative estimate of drug-likeness (QED) is 0.544. The number of aryl methyl sites for hydroxylation is 1. The molecule has 1 aromatic rings. The smallest absolute Gasteiger partial charge is 0.310 e. The highest BCUT2D eigenvalue weighted by molar-refractivity contribution is 5.73. The number of phenolic OH excluding ortho intramolecular Hbond substituents is 2. The summed E-state index contributed by atoms with van der Waals surface area (Å²) in [5.74, 6) is 2.88. The molecule has 1 aromatic carbocycles. The zero-order valence-electron chi connectivity index (χ0n) is 15.2. The first-order valence-electron chi connectivity index (χ1n) is 10.1. The molecule has 4 nitrogen and oxygen atoms in total. The van der Waals surface area contributed by atoms with Gasteiger partial charge in [0.05, 0.1) is 5.92 Å². The van der Waals surface area contributed by atoms with Crippen molar-refractivity contribution >= 4 is 5.97 Å². The van der Waals surface area contributed by atoms with Crippen molar-refractivity contribution < 1.29 is 20.1 Å². The molecule has 0 aliphatic heterocycles. The molecule has 0 aromatic heterocycles. The lowest BCUT2D eigenvalue weighted by molar-refractivity contribution is -0.143. The average molecular weight is 366 g/mol. The zero-order chi connectivity index (χ0) is 18.7. The number of phenols is 2. The molecule has 0 amide bonds. The van der Waals surface area contributed by atoms with Crippen LogP contribution >= 0.6 is 0 Å². The third-order valence-corrected chi connectivity index (χ3v) is 7.77. The molecule has 0 heterocycles. The summed E-state index contributed by atoms with van der Waals surface area (Å²) in [5.41, 5.74) is 1.06. The molecular weight excluding hydrogens is 340 g/mol. The largest absolute Gasteiger partial charge is 0.504 e. The molecule has 5 rings (SSSR count). The normalized spacial score (nSPS) is 40.4.